The Morgan fingerprint density at radius 2 is 2.24 bits per heavy atom. The van der Waals surface area contributed by atoms with Gasteiger partial charge >= 0.3 is 0 Å². The second-order valence-electron chi connectivity index (χ2n) is 8.45. The maximum Gasteiger partial charge on any atom is 0.174 e. The Labute approximate surface area is 147 Å². The van der Waals surface area contributed by atoms with Gasteiger partial charge in [0.05, 0.1) is 25.6 Å². The molecule has 1 saturated carbocycles. The van der Waals surface area contributed by atoms with Crippen LogP contribution in [0.1, 0.15) is 30.4 Å². The predicted molar refractivity (Wildman–Crippen MR) is 91.6 cm³/mol. The predicted octanol–water partition coefficient (Wildman–Crippen LogP) is 1.45. The summed E-state index contributed by atoms with van der Waals surface area (Å²) in [6.07, 6.45) is 3.47. The number of carbonyl (C=O) groups excluding carboxylic acids is 1. The van der Waals surface area contributed by atoms with Crippen LogP contribution in [-0.2, 0) is 16.6 Å². The molecule has 0 radical (unpaired) electrons. The third-order valence-corrected chi connectivity index (χ3v) is 7.45. The number of rotatable bonds is 2. The second-order valence-corrected chi connectivity index (χ2v) is 8.45. The number of quaternary nitrogens is 1. The van der Waals surface area contributed by atoms with Crippen LogP contribution in [0.25, 0.3) is 0 Å². The number of Topliss-reactive ketones (excluding diaryl/α,β-unsaturated/α-hetero) is 1. The fourth-order valence-corrected chi connectivity index (χ4v) is 6.34. The molecular weight excluding hydrogens is 318 g/mol. The molecule has 4 aliphatic rings. The number of ether oxygens (including phenoxy) is 1. The van der Waals surface area contributed by atoms with E-state index in [4.69, 9.17) is 4.74 Å². The minimum Gasteiger partial charge on any atom is -0.504 e. The molecule has 0 amide bonds. The molecule has 0 aromatic heterocycles. The third-order valence-electron chi connectivity index (χ3n) is 7.45. The Morgan fingerprint density at radius 1 is 1.44 bits per heavy atom. The van der Waals surface area contributed by atoms with E-state index in [0.29, 0.717) is 25.0 Å². The van der Waals surface area contributed by atoms with Gasteiger partial charge in [0.25, 0.3) is 0 Å². The van der Waals surface area contributed by atoms with Gasteiger partial charge in [-0.15, -0.1) is 0 Å². The van der Waals surface area contributed by atoms with Gasteiger partial charge in [-0.1, -0.05) is 12.6 Å². The zero-order valence-corrected chi connectivity index (χ0v) is 14.5. The number of likely N-dealkylation sites (tertiary alicyclic amines) is 1. The first-order chi connectivity index (χ1) is 11.9. The van der Waals surface area contributed by atoms with Crippen LogP contribution in [0, 0.1) is 0 Å². The first-order valence-electron chi connectivity index (χ1n) is 9.09. The van der Waals surface area contributed by atoms with Crippen molar-refractivity contribution in [1.29, 1.82) is 0 Å². The molecule has 132 valence electrons. The smallest absolute Gasteiger partial charge is 0.174 e. The van der Waals surface area contributed by atoms with Gasteiger partial charge in [0, 0.05) is 24.8 Å². The molecule has 1 saturated heterocycles. The fraction of sp³-hybridized carbons (Fsp3) is 0.550. The Balaban J connectivity index is 1.82. The number of phenolic OH excluding ortho intramolecular Hbond substituents is 1. The summed E-state index contributed by atoms with van der Waals surface area (Å²) in [5.74, 6) is 0.547. The van der Waals surface area contributed by atoms with Crippen LogP contribution in [0.3, 0.4) is 0 Å². The van der Waals surface area contributed by atoms with Crippen molar-refractivity contribution in [1.82, 2.24) is 0 Å². The van der Waals surface area contributed by atoms with Crippen molar-refractivity contribution >= 4 is 5.78 Å². The van der Waals surface area contributed by atoms with Gasteiger partial charge in [0.2, 0.25) is 0 Å². The lowest BCUT2D eigenvalue weighted by Gasteiger charge is -2.64. The number of piperidine rings is 1. The summed E-state index contributed by atoms with van der Waals surface area (Å²) in [7, 11) is 2.19. The van der Waals surface area contributed by atoms with E-state index in [1.54, 1.807) is 6.07 Å². The van der Waals surface area contributed by atoms with Crippen LogP contribution in [-0.4, -0.2) is 58.4 Å². The number of carbonyl (C=O) groups is 1. The maximum absolute atomic E-state index is 12.7. The van der Waals surface area contributed by atoms with Gasteiger partial charge < -0.3 is 19.4 Å². The lowest BCUT2D eigenvalue weighted by atomic mass is 9.48. The van der Waals surface area contributed by atoms with E-state index in [2.05, 4.69) is 13.6 Å². The molecule has 2 bridgehead atoms. The number of benzene rings is 1. The van der Waals surface area contributed by atoms with Gasteiger partial charge in [0.15, 0.2) is 23.4 Å². The molecule has 1 aromatic rings. The van der Waals surface area contributed by atoms with Gasteiger partial charge in [-0.25, -0.2) is 0 Å². The summed E-state index contributed by atoms with van der Waals surface area (Å²) < 4.78 is 6.76. The van der Waals surface area contributed by atoms with Crippen molar-refractivity contribution in [3.05, 3.63) is 35.9 Å². The van der Waals surface area contributed by atoms with Crippen LogP contribution < -0.4 is 4.74 Å². The molecule has 5 atom stereocenters. The standard InChI is InChI=1S/C20H23NO4/c1-3-9-21(2)10-8-19-16-12-4-5-13(22)17(16)25-18(19)14(23)6-7-20(19,24)15(21)11-12/h3-5,15,18,24H,1,6-11H2,2H3/p+1/t15-,18+,19+,20-,21-/m1/s1. The Bertz CT molecular complexity index is 820. The number of hydrogen-bond donors (Lipinski definition) is 2. The Morgan fingerprint density at radius 3 is 3.00 bits per heavy atom. The number of aliphatic hydroxyl groups is 1. The minimum atomic E-state index is -0.992. The molecule has 1 aromatic carbocycles. The fourth-order valence-electron chi connectivity index (χ4n) is 6.34. The van der Waals surface area contributed by atoms with Crippen molar-refractivity contribution in [3.63, 3.8) is 0 Å². The maximum atomic E-state index is 12.7. The Kier molecular flexibility index (Phi) is 2.75. The summed E-state index contributed by atoms with van der Waals surface area (Å²) in [4.78, 5) is 12.7. The third kappa shape index (κ3) is 1.51. The van der Waals surface area contributed by atoms with Crippen LogP contribution in [0.5, 0.6) is 11.5 Å². The summed E-state index contributed by atoms with van der Waals surface area (Å²) in [6.45, 7) is 5.57. The summed E-state index contributed by atoms with van der Waals surface area (Å²) >= 11 is 0. The molecule has 2 fully saturated rings. The quantitative estimate of drug-likeness (QED) is 0.631. The number of likely N-dealkylation sites (N-methyl/N-ethyl adjacent to an activating group) is 1. The molecule has 2 aliphatic heterocycles. The van der Waals surface area contributed by atoms with Gasteiger partial charge in [-0.2, -0.15) is 0 Å². The molecule has 2 N–H and O–H groups in total. The SMILES string of the molecule is C=CC[N@+]1(C)CC[C@]23c4c5ccc(O)c4O[C@H]2C(=O)CC[C@@]3(O)[C@H]1C5. The lowest BCUT2D eigenvalue weighted by molar-refractivity contribution is -0.944. The summed E-state index contributed by atoms with van der Waals surface area (Å²) in [5.41, 5.74) is 0.295. The normalized spacial score (nSPS) is 43.4. The number of nitrogens with zero attached hydrogens (tertiary/aromatic N) is 1. The average molecular weight is 342 g/mol. The van der Waals surface area contributed by atoms with Gasteiger partial charge in [-0.3, -0.25) is 4.79 Å². The number of aromatic hydroxyl groups is 1. The van der Waals surface area contributed by atoms with Crippen LogP contribution >= 0.6 is 0 Å². The van der Waals surface area contributed by atoms with Crippen molar-refractivity contribution in [2.45, 2.75) is 48.8 Å². The van der Waals surface area contributed by atoms with E-state index in [1.165, 1.54) is 0 Å². The number of phenols is 1. The molecule has 2 aliphatic carbocycles. The van der Waals surface area contributed by atoms with Gasteiger partial charge in [0.1, 0.15) is 11.6 Å². The Hall–Kier alpha value is -1.85. The van der Waals surface area contributed by atoms with E-state index in [1.807, 2.05) is 12.1 Å². The zero-order chi connectivity index (χ0) is 17.6. The molecule has 5 heteroatoms. The molecule has 0 unspecified atom stereocenters. The monoisotopic (exact) mass is 342 g/mol. The zero-order valence-electron chi connectivity index (χ0n) is 14.5. The van der Waals surface area contributed by atoms with Crippen LogP contribution in [0.2, 0.25) is 0 Å². The van der Waals surface area contributed by atoms with E-state index in [9.17, 15) is 15.0 Å². The van der Waals surface area contributed by atoms with Crippen molar-refractivity contribution in [2.75, 3.05) is 20.1 Å². The average Bonchev–Trinajstić information content (AvgIpc) is 2.93. The molecule has 1 spiro atoms. The first kappa shape index (κ1) is 15.4. The van der Waals surface area contributed by atoms with Crippen molar-refractivity contribution in [2.24, 2.45) is 0 Å². The van der Waals surface area contributed by atoms with Crippen LogP contribution in [0.15, 0.2) is 24.8 Å². The second kappa shape index (κ2) is 4.46. The molecular formula is C20H24NO4+. The van der Waals surface area contributed by atoms with E-state index in [0.717, 1.165) is 35.1 Å². The molecule has 5 rings (SSSR count). The molecule has 2 heterocycles. The van der Waals surface area contributed by atoms with Gasteiger partial charge in [-0.05, 0) is 24.1 Å². The van der Waals surface area contributed by atoms with E-state index in [-0.39, 0.29) is 17.6 Å². The molecule has 5 nitrogen and oxygen atoms in total. The number of hydrogen-bond acceptors (Lipinski definition) is 4. The highest BCUT2D eigenvalue weighted by Crippen LogP contribution is 2.65. The number of ketones is 1. The summed E-state index contributed by atoms with van der Waals surface area (Å²) in [5, 5.41) is 22.3. The van der Waals surface area contributed by atoms with Crippen molar-refractivity contribution in [3.8, 4) is 11.5 Å². The van der Waals surface area contributed by atoms with E-state index < -0.39 is 17.1 Å². The van der Waals surface area contributed by atoms with Crippen molar-refractivity contribution < 1.29 is 24.2 Å². The minimum absolute atomic E-state index is 0.00134. The highest BCUT2D eigenvalue weighted by Gasteiger charge is 2.76. The first-order valence-corrected chi connectivity index (χ1v) is 9.09. The largest absolute Gasteiger partial charge is 0.504 e. The highest BCUT2D eigenvalue weighted by atomic mass is 16.5. The van der Waals surface area contributed by atoms with E-state index >= 15 is 0 Å². The highest BCUT2D eigenvalue weighted by molar-refractivity contribution is 5.90. The lowest BCUT2D eigenvalue weighted by Crippen LogP contribution is -2.80. The topological polar surface area (TPSA) is 66.8 Å². The summed E-state index contributed by atoms with van der Waals surface area (Å²) in [6, 6.07) is 3.60. The van der Waals surface area contributed by atoms with Crippen LogP contribution in [0.4, 0.5) is 0 Å². The molecule has 25 heavy (non-hydrogen) atoms.